The molecule has 0 bridgehead atoms. The molecule has 5 nitrogen and oxygen atoms in total. The van der Waals surface area contributed by atoms with Crippen molar-refractivity contribution in [2.45, 2.75) is 45.3 Å². The minimum atomic E-state index is -0.382. The Kier molecular flexibility index (Phi) is 4.31. The van der Waals surface area contributed by atoms with E-state index in [9.17, 15) is 4.79 Å². The second kappa shape index (κ2) is 5.77. The van der Waals surface area contributed by atoms with Crippen LogP contribution in [-0.4, -0.2) is 29.6 Å². The molecule has 2 unspecified atom stereocenters. The van der Waals surface area contributed by atoms with Crippen LogP contribution in [0.1, 0.15) is 30.3 Å². The van der Waals surface area contributed by atoms with Gasteiger partial charge in [-0.25, -0.2) is 4.98 Å². The number of aryl methyl sites for hydroxylation is 2. The van der Waals surface area contributed by atoms with Crippen LogP contribution in [0.2, 0.25) is 0 Å². The van der Waals surface area contributed by atoms with E-state index in [2.05, 4.69) is 17.2 Å². The van der Waals surface area contributed by atoms with E-state index >= 15 is 0 Å². The minimum Gasteiger partial charge on any atom is -0.364 e. The maximum Gasteiger partial charge on any atom is 0.255 e. The molecule has 6 heteroatoms. The van der Waals surface area contributed by atoms with Gasteiger partial charge in [0.05, 0.1) is 11.8 Å². The van der Waals surface area contributed by atoms with Crippen molar-refractivity contribution in [2.75, 3.05) is 11.9 Å². The molecule has 2 heterocycles. The van der Waals surface area contributed by atoms with Crippen LogP contribution in [-0.2, 0) is 16.0 Å². The third-order valence-electron chi connectivity index (χ3n) is 3.12. The van der Waals surface area contributed by atoms with E-state index < -0.39 is 0 Å². The molecule has 1 amide bonds. The normalized spacial score (nSPS) is 23.3. The van der Waals surface area contributed by atoms with E-state index in [1.807, 2.05) is 6.92 Å². The fourth-order valence-corrected chi connectivity index (χ4v) is 2.97. The van der Waals surface area contributed by atoms with Gasteiger partial charge in [0.25, 0.3) is 5.91 Å². The first-order chi connectivity index (χ1) is 8.63. The number of amides is 1. The minimum absolute atomic E-state index is 0.0185. The number of ether oxygens (including phenoxy) is 1. The zero-order chi connectivity index (χ0) is 13.1. The Morgan fingerprint density at radius 3 is 2.94 bits per heavy atom. The van der Waals surface area contributed by atoms with E-state index in [-0.39, 0.29) is 18.1 Å². The molecule has 0 saturated carbocycles. The summed E-state index contributed by atoms with van der Waals surface area (Å²) in [5.41, 5.74) is 6.57. The highest BCUT2D eigenvalue weighted by molar-refractivity contribution is 7.15. The number of thiazole rings is 1. The average Bonchev–Trinajstić information content (AvgIpc) is 2.95. The molecule has 2 atom stereocenters. The molecule has 1 aliphatic heterocycles. The van der Waals surface area contributed by atoms with E-state index in [0.717, 1.165) is 29.8 Å². The number of carbonyl (C=O) groups is 1. The SMILES string of the molecule is CCc1nc(NC(=O)C2CCC(CN)O2)sc1C. The highest BCUT2D eigenvalue weighted by atomic mass is 32.1. The summed E-state index contributed by atoms with van der Waals surface area (Å²) < 4.78 is 5.55. The summed E-state index contributed by atoms with van der Waals surface area (Å²) in [4.78, 5) is 17.5. The maximum atomic E-state index is 12.0. The number of nitrogens with two attached hydrogens (primary N) is 1. The summed E-state index contributed by atoms with van der Waals surface area (Å²) in [5.74, 6) is -0.109. The van der Waals surface area contributed by atoms with Gasteiger partial charge in [0.15, 0.2) is 5.13 Å². The van der Waals surface area contributed by atoms with Gasteiger partial charge in [-0.15, -0.1) is 11.3 Å². The zero-order valence-corrected chi connectivity index (χ0v) is 11.5. The number of carbonyl (C=O) groups excluding carboxylic acids is 1. The summed E-state index contributed by atoms with van der Waals surface area (Å²) >= 11 is 1.51. The Morgan fingerprint density at radius 2 is 2.39 bits per heavy atom. The fraction of sp³-hybridized carbons (Fsp3) is 0.667. The van der Waals surface area contributed by atoms with Crippen LogP contribution in [0, 0.1) is 6.92 Å². The van der Waals surface area contributed by atoms with Gasteiger partial charge in [0.1, 0.15) is 6.10 Å². The van der Waals surface area contributed by atoms with E-state index in [1.165, 1.54) is 11.3 Å². The van der Waals surface area contributed by atoms with Gasteiger partial charge >= 0.3 is 0 Å². The van der Waals surface area contributed by atoms with Crippen LogP contribution in [0.3, 0.4) is 0 Å². The number of nitrogens with one attached hydrogen (secondary N) is 1. The Labute approximate surface area is 111 Å². The summed E-state index contributed by atoms with van der Waals surface area (Å²) in [5, 5.41) is 3.49. The summed E-state index contributed by atoms with van der Waals surface area (Å²) in [6.45, 7) is 4.54. The molecule has 1 saturated heterocycles. The lowest BCUT2D eigenvalue weighted by atomic mass is 10.2. The van der Waals surface area contributed by atoms with Gasteiger partial charge in [-0.3, -0.25) is 10.1 Å². The van der Waals surface area contributed by atoms with Crippen LogP contribution in [0.5, 0.6) is 0 Å². The maximum absolute atomic E-state index is 12.0. The molecule has 1 aliphatic rings. The van der Waals surface area contributed by atoms with Gasteiger partial charge in [0, 0.05) is 11.4 Å². The number of aromatic nitrogens is 1. The van der Waals surface area contributed by atoms with Crippen molar-refractivity contribution in [1.82, 2.24) is 4.98 Å². The Hall–Kier alpha value is -0.980. The van der Waals surface area contributed by atoms with E-state index in [0.29, 0.717) is 11.7 Å². The van der Waals surface area contributed by atoms with Crippen LogP contribution >= 0.6 is 11.3 Å². The number of hydrogen-bond donors (Lipinski definition) is 2. The van der Waals surface area contributed by atoms with Crippen LogP contribution < -0.4 is 11.1 Å². The molecular weight excluding hydrogens is 250 g/mol. The summed E-state index contributed by atoms with van der Waals surface area (Å²) in [6.07, 6.45) is 2.11. The molecule has 0 spiro atoms. The first-order valence-corrected chi connectivity index (χ1v) is 7.08. The Balaban J connectivity index is 1.94. The topological polar surface area (TPSA) is 77.2 Å². The molecule has 1 aromatic rings. The van der Waals surface area contributed by atoms with Crippen molar-refractivity contribution >= 4 is 22.4 Å². The summed E-state index contributed by atoms with van der Waals surface area (Å²) in [7, 11) is 0. The monoisotopic (exact) mass is 269 g/mol. The van der Waals surface area contributed by atoms with Crippen molar-refractivity contribution in [3.05, 3.63) is 10.6 Å². The lowest BCUT2D eigenvalue weighted by Crippen LogP contribution is -2.29. The quantitative estimate of drug-likeness (QED) is 0.867. The van der Waals surface area contributed by atoms with E-state index in [1.54, 1.807) is 0 Å². The fourth-order valence-electron chi connectivity index (χ4n) is 2.07. The number of hydrogen-bond acceptors (Lipinski definition) is 5. The van der Waals surface area contributed by atoms with E-state index in [4.69, 9.17) is 10.5 Å². The standard InChI is InChI=1S/C12H19N3O2S/c1-3-9-7(2)18-12(14-9)15-11(16)10-5-4-8(6-13)17-10/h8,10H,3-6,13H2,1-2H3,(H,14,15,16). The van der Waals surface area contributed by atoms with Crippen LogP contribution in [0.25, 0.3) is 0 Å². The molecular formula is C12H19N3O2S. The predicted octanol–water partition coefficient (Wildman–Crippen LogP) is 1.46. The molecule has 2 rings (SSSR count). The lowest BCUT2D eigenvalue weighted by Gasteiger charge is -2.11. The van der Waals surface area contributed by atoms with Crippen molar-refractivity contribution < 1.29 is 9.53 Å². The molecule has 1 aromatic heterocycles. The first-order valence-electron chi connectivity index (χ1n) is 6.26. The van der Waals surface area contributed by atoms with Crippen molar-refractivity contribution in [3.63, 3.8) is 0 Å². The highest BCUT2D eigenvalue weighted by Gasteiger charge is 2.30. The molecule has 100 valence electrons. The van der Waals surface area contributed by atoms with Crippen molar-refractivity contribution in [2.24, 2.45) is 5.73 Å². The molecule has 0 aromatic carbocycles. The van der Waals surface area contributed by atoms with Crippen LogP contribution in [0.4, 0.5) is 5.13 Å². The first kappa shape index (κ1) is 13.5. The number of anilines is 1. The highest BCUT2D eigenvalue weighted by Crippen LogP contribution is 2.24. The molecule has 3 N–H and O–H groups in total. The third-order valence-corrected chi connectivity index (χ3v) is 4.05. The van der Waals surface area contributed by atoms with Crippen LogP contribution in [0.15, 0.2) is 0 Å². The average molecular weight is 269 g/mol. The van der Waals surface area contributed by atoms with Gasteiger partial charge in [-0.05, 0) is 26.2 Å². The van der Waals surface area contributed by atoms with Crippen molar-refractivity contribution in [1.29, 1.82) is 0 Å². The molecule has 18 heavy (non-hydrogen) atoms. The zero-order valence-electron chi connectivity index (χ0n) is 10.7. The number of nitrogens with zero attached hydrogens (tertiary/aromatic N) is 1. The Morgan fingerprint density at radius 1 is 1.61 bits per heavy atom. The smallest absolute Gasteiger partial charge is 0.255 e. The Bertz CT molecular complexity index is 433. The predicted molar refractivity (Wildman–Crippen MR) is 71.8 cm³/mol. The molecule has 0 aliphatic carbocycles. The second-order valence-electron chi connectivity index (χ2n) is 4.42. The molecule has 1 fully saturated rings. The third kappa shape index (κ3) is 2.88. The van der Waals surface area contributed by atoms with Gasteiger partial charge < -0.3 is 10.5 Å². The largest absolute Gasteiger partial charge is 0.364 e. The van der Waals surface area contributed by atoms with Gasteiger partial charge in [-0.1, -0.05) is 6.92 Å². The lowest BCUT2D eigenvalue weighted by molar-refractivity contribution is -0.126. The van der Waals surface area contributed by atoms with Crippen molar-refractivity contribution in [3.8, 4) is 0 Å². The summed E-state index contributed by atoms with van der Waals surface area (Å²) in [6, 6.07) is 0. The molecule has 0 radical (unpaired) electrons. The number of rotatable bonds is 4. The van der Waals surface area contributed by atoms with Gasteiger partial charge in [0.2, 0.25) is 0 Å². The van der Waals surface area contributed by atoms with Gasteiger partial charge in [-0.2, -0.15) is 0 Å². The second-order valence-corrected chi connectivity index (χ2v) is 5.63.